The monoisotopic (exact) mass is 422 g/mol. The lowest BCUT2D eigenvalue weighted by atomic mass is 9.96. The lowest BCUT2D eigenvalue weighted by molar-refractivity contribution is -0.126. The Labute approximate surface area is 175 Å². The van der Waals surface area contributed by atoms with Gasteiger partial charge in [0.1, 0.15) is 0 Å². The Balaban J connectivity index is 1.40. The number of rotatable bonds is 7. The number of hydrogen-bond acceptors (Lipinski definition) is 3. The SMILES string of the molecule is O=C(NCCSc1ccc(Cl)cc1)C1CCCN(Cc2cccc(Cl)c2)C1. The largest absolute Gasteiger partial charge is 0.355 e. The van der Waals surface area contributed by atoms with Crippen LogP contribution in [0.25, 0.3) is 0 Å². The summed E-state index contributed by atoms with van der Waals surface area (Å²) < 4.78 is 0. The first-order chi connectivity index (χ1) is 13.1. The molecule has 1 fully saturated rings. The summed E-state index contributed by atoms with van der Waals surface area (Å²) >= 11 is 13.7. The highest BCUT2D eigenvalue weighted by Crippen LogP contribution is 2.21. The summed E-state index contributed by atoms with van der Waals surface area (Å²) in [5.74, 6) is 1.09. The minimum absolute atomic E-state index is 0.0680. The summed E-state index contributed by atoms with van der Waals surface area (Å²) in [7, 11) is 0. The number of hydrogen-bond donors (Lipinski definition) is 1. The van der Waals surface area contributed by atoms with Crippen LogP contribution in [0.5, 0.6) is 0 Å². The van der Waals surface area contributed by atoms with Gasteiger partial charge in [0.25, 0.3) is 0 Å². The lowest BCUT2D eigenvalue weighted by Crippen LogP contribution is -2.43. The molecule has 144 valence electrons. The van der Waals surface area contributed by atoms with Crippen LogP contribution in [0.3, 0.4) is 0 Å². The van der Waals surface area contributed by atoms with Gasteiger partial charge in [-0.1, -0.05) is 35.3 Å². The third kappa shape index (κ3) is 6.72. The number of likely N-dealkylation sites (tertiary alicyclic amines) is 1. The fourth-order valence-electron chi connectivity index (χ4n) is 3.32. The van der Waals surface area contributed by atoms with Crippen molar-refractivity contribution >= 4 is 40.9 Å². The molecule has 0 aliphatic carbocycles. The van der Waals surface area contributed by atoms with E-state index in [1.807, 2.05) is 42.5 Å². The van der Waals surface area contributed by atoms with Crippen LogP contribution in [-0.4, -0.2) is 36.2 Å². The van der Waals surface area contributed by atoms with Crippen LogP contribution in [0.4, 0.5) is 0 Å². The van der Waals surface area contributed by atoms with E-state index in [1.165, 1.54) is 10.5 Å². The summed E-state index contributed by atoms with van der Waals surface area (Å²) in [6.45, 7) is 3.36. The van der Waals surface area contributed by atoms with E-state index >= 15 is 0 Å². The van der Waals surface area contributed by atoms with Crippen LogP contribution in [0.1, 0.15) is 18.4 Å². The Kier molecular flexibility index (Phi) is 7.89. The molecule has 1 unspecified atom stereocenters. The van der Waals surface area contributed by atoms with Gasteiger partial charge in [-0.25, -0.2) is 0 Å². The van der Waals surface area contributed by atoms with Gasteiger partial charge in [0.2, 0.25) is 5.91 Å². The van der Waals surface area contributed by atoms with E-state index in [4.69, 9.17) is 23.2 Å². The molecule has 1 N–H and O–H groups in total. The van der Waals surface area contributed by atoms with Crippen LogP contribution >= 0.6 is 35.0 Å². The molecule has 1 aliphatic rings. The summed E-state index contributed by atoms with van der Waals surface area (Å²) in [6, 6.07) is 15.7. The van der Waals surface area contributed by atoms with E-state index in [0.717, 1.165) is 48.3 Å². The predicted molar refractivity (Wildman–Crippen MR) is 115 cm³/mol. The molecular formula is C21H24Cl2N2OS. The molecule has 2 aromatic rings. The Morgan fingerprint density at radius 2 is 1.96 bits per heavy atom. The number of benzene rings is 2. The second kappa shape index (κ2) is 10.4. The maximum atomic E-state index is 12.5. The van der Waals surface area contributed by atoms with Crippen molar-refractivity contribution in [3.05, 3.63) is 64.1 Å². The second-order valence-electron chi connectivity index (χ2n) is 6.80. The number of amides is 1. The Morgan fingerprint density at radius 3 is 2.74 bits per heavy atom. The van der Waals surface area contributed by atoms with Gasteiger partial charge >= 0.3 is 0 Å². The second-order valence-corrected chi connectivity index (χ2v) is 8.84. The maximum absolute atomic E-state index is 12.5. The van der Waals surface area contributed by atoms with E-state index in [0.29, 0.717) is 6.54 Å². The van der Waals surface area contributed by atoms with Gasteiger partial charge in [0, 0.05) is 40.3 Å². The van der Waals surface area contributed by atoms with Gasteiger partial charge in [0.15, 0.2) is 0 Å². The topological polar surface area (TPSA) is 32.3 Å². The molecule has 0 radical (unpaired) electrons. The first kappa shape index (κ1) is 20.5. The quantitative estimate of drug-likeness (QED) is 0.496. The average molecular weight is 423 g/mol. The molecule has 0 spiro atoms. The third-order valence-electron chi connectivity index (χ3n) is 4.66. The van der Waals surface area contributed by atoms with Crippen molar-refractivity contribution in [3.63, 3.8) is 0 Å². The van der Waals surface area contributed by atoms with Crippen molar-refractivity contribution in [3.8, 4) is 0 Å². The minimum atomic E-state index is 0.0680. The fourth-order valence-corrected chi connectivity index (χ4v) is 4.43. The minimum Gasteiger partial charge on any atom is -0.355 e. The van der Waals surface area contributed by atoms with Gasteiger partial charge in [0.05, 0.1) is 5.92 Å². The van der Waals surface area contributed by atoms with E-state index < -0.39 is 0 Å². The Morgan fingerprint density at radius 1 is 1.15 bits per heavy atom. The normalized spacial score (nSPS) is 17.6. The number of carbonyl (C=O) groups is 1. The highest BCUT2D eigenvalue weighted by molar-refractivity contribution is 7.99. The van der Waals surface area contributed by atoms with Gasteiger partial charge in [-0.05, 0) is 61.3 Å². The zero-order valence-electron chi connectivity index (χ0n) is 15.2. The number of nitrogens with one attached hydrogen (secondary N) is 1. The predicted octanol–water partition coefficient (Wildman–Crippen LogP) is 5.11. The molecule has 1 atom stereocenters. The van der Waals surface area contributed by atoms with Gasteiger partial charge < -0.3 is 5.32 Å². The van der Waals surface area contributed by atoms with Crippen LogP contribution in [0, 0.1) is 5.92 Å². The summed E-state index contributed by atoms with van der Waals surface area (Å²) in [5.41, 5.74) is 1.20. The van der Waals surface area contributed by atoms with Gasteiger partial charge in [-0.15, -0.1) is 11.8 Å². The summed E-state index contributed by atoms with van der Waals surface area (Å²) in [4.78, 5) is 16.0. The summed E-state index contributed by atoms with van der Waals surface area (Å²) in [6.07, 6.45) is 2.01. The lowest BCUT2D eigenvalue weighted by Gasteiger charge is -2.32. The number of thioether (sulfide) groups is 1. The molecular weight excluding hydrogens is 399 g/mol. The highest BCUT2D eigenvalue weighted by Gasteiger charge is 2.25. The number of carbonyl (C=O) groups excluding carboxylic acids is 1. The summed E-state index contributed by atoms with van der Waals surface area (Å²) in [5, 5.41) is 4.60. The molecule has 1 saturated heterocycles. The number of piperidine rings is 1. The van der Waals surface area contributed by atoms with Crippen molar-refractivity contribution in [1.29, 1.82) is 0 Å². The molecule has 0 aromatic heterocycles. The number of halogens is 2. The van der Waals surface area contributed by atoms with Crippen LogP contribution in [-0.2, 0) is 11.3 Å². The van der Waals surface area contributed by atoms with Crippen molar-refractivity contribution < 1.29 is 4.79 Å². The van der Waals surface area contributed by atoms with Crippen molar-refractivity contribution in [2.45, 2.75) is 24.3 Å². The molecule has 0 saturated carbocycles. The van der Waals surface area contributed by atoms with E-state index in [9.17, 15) is 4.79 Å². The molecule has 3 rings (SSSR count). The van der Waals surface area contributed by atoms with Crippen LogP contribution < -0.4 is 5.32 Å². The first-order valence-corrected chi connectivity index (χ1v) is 11.0. The molecule has 2 aromatic carbocycles. The van der Waals surface area contributed by atoms with Gasteiger partial charge in [-0.3, -0.25) is 9.69 Å². The van der Waals surface area contributed by atoms with E-state index in [2.05, 4.69) is 16.3 Å². The standard InChI is InChI=1S/C21H24Cl2N2OS/c22-18-6-8-20(9-7-18)27-12-10-24-21(26)17-4-2-11-25(15-17)14-16-3-1-5-19(23)13-16/h1,3,5-9,13,17H,2,4,10-12,14-15H2,(H,24,26). The van der Waals surface area contributed by atoms with Crippen molar-refractivity contribution in [2.75, 3.05) is 25.4 Å². The molecule has 27 heavy (non-hydrogen) atoms. The Bertz CT molecular complexity index is 754. The molecule has 1 amide bonds. The molecule has 3 nitrogen and oxygen atoms in total. The van der Waals surface area contributed by atoms with Gasteiger partial charge in [-0.2, -0.15) is 0 Å². The first-order valence-electron chi connectivity index (χ1n) is 9.23. The maximum Gasteiger partial charge on any atom is 0.224 e. The molecule has 1 aliphatic heterocycles. The van der Waals surface area contributed by atoms with Crippen molar-refractivity contribution in [2.24, 2.45) is 5.92 Å². The van der Waals surface area contributed by atoms with E-state index in [-0.39, 0.29) is 11.8 Å². The molecule has 0 bridgehead atoms. The molecule has 6 heteroatoms. The van der Waals surface area contributed by atoms with Crippen LogP contribution in [0.2, 0.25) is 10.0 Å². The fraction of sp³-hybridized carbons (Fsp3) is 0.381. The molecule has 1 heterocycles. The average Bonchev–Trinajstić information content (AvgIpc) is 2.67. The number of nitrogens with zero attached hydrogens (tertiary/aromatic N) is 1. The van der Waals surface area contributed by atoms with Crippen LogP contribution in [0.15, 0.2) is 53.4 Å². The smallest absolute Gasteiger partial charge is 0.224 e. The zero-order valence-corrected chi connectivity index (χ0v) is 17.5. The third-order valence-corrected chi connectivity index (χ3v) is 6.16. The highest BCUT2D eigenvalue weighted by atomic mass is 35.5. The zero-order chi connectivity index (χ0) is 19.1. The Hall–Kier alpha value is -1.20. The van der Waals surface area contributed by atoms with Crippen molar-refractivity contribution in [1.82, 2.24) is 10.2 Å². The van der Waals surface area contributed by atoms with E-state index in [1.54, 1.807) is 11.8 Å².